The molecule has 1 aromatic heterocycles. The maximum atomic E-state index is 15.1. The molecule has 2 atom stereocenters. The van der Waals surface area contributed by atoms with E-state index in [0.29, 0.717) is 31.7 Å². The monoisotopic (exact) mass is 410 g/mol. The largest absolute Gasteiger partial charge is 0.416 e. The van der Waals surface area contributed by atoms with Crippen LogP contribution in [0, 0.1) is 5.82 Å². The molecule has 0 aliphatic carbocycles. The van der Waals surface area contributed by atoms with Crippen molar-refractivity contribution in [3.05, 3.63) is 47.5 Å². The van der Waals surface area contributed by atoms with Gasteiger partial charge in [-0.15, -0.1) is 0 Å². The molecule has 2 aromatic rings. The van der Waals surface area contributed by atoms with Gasteiger partial charge in [-0.25, -0.2) is 9.97 Å². The first-order chi connectivity index (χ1) is 13.9. The van der Waals surface area contributed by atoms with Crippen molar-refractivity contribution in [2.24, 2.45) is 0 Å². The van der Waals surface area contributed by atoms with Crippen LogP contribution in [0.1, 0.15) is 42.9 Å². The van der Waals surface area contributed by atoms with E-state index in [1.54, 1.807) is 4.90 Å². The summed E-state index contributed by atoms with van der Waals surface area (Å²) < 4.78 is 59.1. The Morgan fingerprint density at radius 2 is 1.90 bits per heavy atom. The molecule has 2 saturated heterocycles. The predicted molar refractivity (Wildman–Crippen MR) is 100 cm³/mol. The van der Waals surface area contributed by atoms with Crippen LogP contribution in [-0.2, 0) is 10.9 Å². The zero-order chi connectivity index (χ0) is 20.4. The Labute approximate surface area is 166 Å². The number of nitrogens with zero attached hydrogens (tertiary/aromatic N) is 3. The molecule has 0 spiro atoms. The first-order valence-electron chi connectivity index (χ1n) is 9.73. The molecule has 0 bridgehead atoms. The highest BCUT2D eigenvalue weighted by molar-refractivity contribution is 5.53. The number of anilines is 2. The molecular weight excluding hydrogens is 388 g/mol. The lowest BCUT2D eigenvalue weighted by atomic mass is 10.0. The van der Waals surface area contributed by atoms with Crippen molar-refractivity contribution in [3.63, 3.8) is 0 Å². The van der Waals surface area contributed by atoms with Gasteiger partial charge in [-0.05, 0) is 43.4 Å². The van der Waals surface area contributed by atoms with Crippen molar-refractivity contribution in [1.29, 1.82) is 0 Å². The molecule has 0 radical (unpaired) electrons. The highest BCUT2D eigenvalue weighted by Gasteiger charge is 2.33. The van der Waals surface area contributed by atoms with Crippen LogP contribution in [0.25, 0.3) is 0 Å². The number of alkyl halides is 3. The summed E-state index contributed by atoms with van der Waals surface area (Å²) in [6.07, 6.45) is 0.399. The van der Waals surface area contributed by atoms with Crippen molar-refractivity contribution in [2.75, 3.05) is 29.9 Å². The number of aromatic nitrogens is 2. The summed E-state index contributed by atoms with van der Waals surface area (Å²) in [5.41, 5.74) is 0.0157. The number of benzene rings is 1. The van der Waals surface area contributed by atoms with Gasteiger partial charge in [0.15, 0.2) is 11.6 Å². The molecule has 1 unspecified atom stereocenters. The Balaban J connectivity index is 1.53. The topological polar surface area (TPSA) is 50.3 Å². The van der Waals surface area contributed by atoms with Crippen LogP contribution in [-0.4, -0.2) is 35.8 Å². The summed E-state index contributed by atoms with van der Waals surface area (Å²) in [5, 5.41) is 2.99. The number of ether oxygens (including phenoxy) is 1. The fraction of sp³-hybridized carbons (Fsp3) is 0.500. The molecule has 2 fully saturated rings. The van der Waals surface area contributed by atoms with E-state index in [-0.39, 0.29) is 23.8 Å². The van der Waals surface area contributed by atoms with Gasteiger partial charge >= 0.3 is 6.18 Å². The average molecular weight is 410 g/mol. The third-order valence-electron chi connectivity index (χ3n) is 5.44. The second-order valence-electron chi connectivity index (χ2n) is 7.35. The third kappa shape index (κ3) is 4.29. The van der Waals surface area contributed by atoms with Crippen molar-refractivity contribution in [2.45, 2.75) is 44.0 Å². The minimum atomic E-state index is -4.38. The molecule has 9 heteroatoms. The average Bonchev–Trinajstić information content (AvgIpc) is 3.39. The Kier molecular flexibility index (Phi) is 5.58. The quantitative estimate of drug-likeness (QED) is 0.732. The van der Waals surface area contributed by atoms with E-state index in [9.17, 15) is 13.2 Å². The van der Waals surface area contributed by atoms with Gasteiger partial charge in [-0.2, -0.15) is 17.6 Å². The minimum absolute atomic E-state index is 0.0412. The zero-order valence-electron chi connectivity index (χ0n) is 15.8. The number of nitrogens with one attached hydrogen (secondary N) is 1. The van der Waals surface area contributed by atoms with Crippen LogP contribution >= 0.6 is 0 Å². The smallest absolute Gasteiger partial charge is 0.376 e. The van der Waals surface area contributed by atoms with Gasteiger partial charge in [-0.1, -0.05) is 12.1 Å². The van der Waals surface area contributed by atoms with Crippen LogP contribution in [0.15, 0.2) is 30.6 Å². The fourth-order valence-electron chi connectivity index (χ4n) is 3.96. The van der Waals surface area contributed by atoms with Gasteiger partial charge < -0.3 is 15.0 Å². The highest BCUT2D eigenvalue weighted by atomic mass is 19.4. The van der Waals surface area contributed by atoms with Gasteiger partial charge in [0.05, 0.1) is 17.7 Å². The van der Waals surface area contributed by atoms with Gasteiger partial charge in [-0.3, -0.25) is 0 Å². The molecular formula is C20H22F4N4O. The lowest BCUT2D eigenvalue weighted by molar-refractivity contribution is -0.137. The minimum Gasteiger partial charge on any atom is -0.376 e. The standard InChI is InChI=1S/C20H22F4N4O/c21-17-18(25-11-15-3-2-10-29-15)26-12-27-19(17)28-9-1-4-16(28)13-5-7-14(8-6-13)20(22,23)24/h5-8,12,15-16H,1-4,9-11H2,(H,25,26,27)/t15?,16-/m1/s1. The van der Waals surface area contributed by atoms with E-state index in [1.807, 2.05) is 0 Å². The summed E-state index contributed by atoms with van der Waals surface area (Å²) in [6.45, 7) is 1.76. The zero-order valence-corrected chi connectivity index (χ0v) is 15.8. The molecule has 0 amide bonds. The number of hydrogen-bond donors (Lipinski definition) is 1. The molecule has 2 aliphatic heterocycles. The molecule has 156 valence electrons. The number of halogens is 4. The molecule has 3 heterocycles. The summed E-state index contributed by atoms with van der Waals surface area (Å²) in [5.74, 6) is -0.273. The molecule has 2 aliphatic rings. The van der Waals surface area contributed by atoms with Crippen LogP contribution in [0.3, 0.4) is 0 Å². The lowest BCUT2D eigenvalue weighted by Crippen LogP contribution is -2.26. The fourth-order valence-corrected chi connectivity index (χ4v) is 3.96. The molecule has 29 heavy (non-hydrogen) atoms. The Morgan fingerprint density at radius 1 is 1.10 bits per heavy atom. The van der Waals surface area contributed by atoms with Crippen LogP contribution in [0.5, 0.6) is 0 Å². The SMILES string of the molecule is Fc1c(NCC2CCCO2)ncnc1N1CCC[C@@H]1c1ccc(C(F)(F)F)cc1. The molecule has 1 N–H and O–H groups in total. The maximum Gasteiger partial charge on any atom is 0.416 e. The maximum absolute atomic E-state index is 15.1. The molecule has 4 rings (SSSR count). The summed E-state index contributed by atoms with van der Waals surface area (Å²) in [7, 11) is 0. The highest BCUT2D eigenvalue weighted by Crippen LogP contribution is 2.38. The van der Waals surface area contributed by atoms with Crippen LogP contribution < -0.4 is 10.2 Å². The van der Waals surface area contributed by atoms with Gasteiger partial charge in [0.1, 0.15) is 6.33 Å². The Hall–Kier alpha value is -2.42. The van der Waals surface area contributed by atoms with E-state index in [1.165, 1.54) is 18.5 Å². The van der Waals surface area contributed by atoms with Gasteiger partial charge in [0.25, 0.3) is 0 Å². The first-order valence-corrected chi connectivity index (χ1v) is 9.73. The van der Waals surface area contributed by atoms with Gasteiger partial charge in [0, 0.05) is 19.7 Å². The van der Waals surface area contributed by atoms with Crippen molar-refractivity contribution in [3.8, 4) is 0 Å². The second kappa shape index (κ2) is 8.14. The number of hydrogen-bond acceptors (Lipinski definition) is 5. The first kappa shape index (κ1) is 19.9. The van der Waals surface area contributed by atoms with E-state index < -0.39 is 17.6 Å². The lowest BCUT2D eigenvalue weighted by Gasteiger charge is -2.27. The van der Waals surface area contributed by atoms with Crippen molar-refractivity contribution >= 4 is 11.6 Å². The Morgan fingerprint density at radius 3 is 2.59 bits per heavy atom. The van der Waals surface area contributed by atoms with E-state index in [2.05, 4.69) is 15.3 Å². The molecule has 0 saturated carbocycles. The molecule has 5 nitrogen and oxygen atoms in total. The third-order valence-corrected chi connectivity index (χ3v) is 5.44. The predicted octanol–water partition coefficient (Wildman–Crippen LogP) is 4.57. The second-order valence-corrected chi connectivity index (χ2v) is 7.35. The summed E-state index contributed by atoms with van der Waals surface area (Å²) in [6, 6.07) is 4.82. The van der Waals surface area contributed by atoms with Crippen molar-refractivity contribution in [1.82, 2.24) is 9.97 Å². The van der Waals surface area contributed by atoms with E-state index >= 15 is 4.39 Å². The van der Waals surface area contributed by atoms with Gasteiger partial charge in [0.2, 0.25) is 5.82 Å². The normalized spacial score (nSPS) is 22.3. The van der Waals surface area contributed by atoms with Crippen molar-refractivity contribution < 1.29 is 22.3 Å². The van der Waals surface area contributed by atoms with Crippen LogP contribution in [0.2, 0.25) is 0 Å². The van der Waals surface area contributed by atoms with E-state index in [4.69, 9.17) is 4.74 Å². The van der Waals surface area contributed by atoms with E-state index in [0.717, 1.165) is 31.4 Å². The summed E-state index contributed by atoms with van der Waals surface area (Å²) >= 11 is 0. The summed E-state index contributed by atoms with van der Waals surface area (Å²) in [4.78, 5) is 9.93. The molecule has 1 aromatic carbocycles. The Bertz CT molecular complexity index is 837. The number of rotatable bonds is 5. The van der Waals surface area contributed by atoms with Crippen LogP contribution in [0.4, 0.5) is 29.2 Å².